The number of nitrogens with one attached hydrogen (secondary N) is 1. The number of aromatic nitrogens is 1. The summed E-state index contributed by atoms with van der Waals surface area (Å²) in [5.74, 6) is -0.669. The van der Waals surface area contributed by atoms with Crippen LogP contribution in [0.4, 0.5) is 5.69 Å². The van der Waals surface area contributed by atoms with E-state index < -0.39 is 23.5 Å². The fourth-order valence-corrected chi connectivity index (χ4v) is 6.52. The van der Waals surface area contributed by atoms with Crippen LogP contribution in [-0.4, -0.2) is 30.2 Å². The van der Waals surface area contributed by atoms with Crippen LogP contribution in [-0.2, 0) is 14.3 Å². The summed E-state index contributed by atoms with van der Waals surface area (Å²) in [7, 11) is 1.49. The summed E-state index contributed by atoms with van der Waals surface area (Å²) in [6, 6.07) is 18.1. The van der Waals surface area contributed by atoms with Gasteiger partial charge in [-0.2, -0.15) is 0 Å². The van der Waals surface area contributed by atoms with Gasteiger partial charge in [0, 0.05) is 32.4 Å². The van der Waals surface area contributed by atoms with E-state index in [9.17, 15) is 14.4 Å². The second-order valence-electron chi connectivity index (χ2n) is 9.16. The van der Waals surface area contributed by atoms with Crippen LogP contribution in [0.3, 0.4) is 0 Å². The van der Waals surface area contributed by atoms with Crippen LogP contribution >= 0.6 is 34.5 Å². The molecule has 3 heterocycles. The molecule has 8 nitrogen and oxygen atoms in total. The van der Waals surface area contributed by atoms with Crippen molar-refractivity contribution in [3.63, 3.8) is 0 Å². The zero-order chi connectivity index (χ0) is 28.8. The number of esters is 1. The number of amides is 1. The summed E-state index contributed by atoms with van der Waals surface area (Å²) in [4.78, 5) is 46.3. The Morgan fingerprint density at radius 2 is 1.78 bits per heavy atom. The van der Waals surface area contributed by atoms with Crippen molar-refractivity contribution < 1.29 is 19.1 Å². The third-order valence-corrected chi connectivity index (χ3v) is 8.31. The SMILES string of the molecule is CCOC(=O)C1=C(c2ccccc2)N=c2s/c(=C3/C(=O)Nc4ccc(Cl)cc43)c(=O)n2[C@@H]1c1cc(Cl)ccc1OC. The minimum Gasteiger partial charge on any atom is -0.496 e. The van der Waals surface area contributed by atoms with E-state index in [0.29, 0.717) is 48.7 Å². The fourth-order valence-electron chi connectivity index (χ4n) is 5.07. The Bertz CT molecular complexity index is 1960. The third kappa shape index (κ3) is 4.56. The second kappa shape index (κ2) is 10.7. The third-order valence-electron chi connectivity index (χ3n) is 6.79. The van der Waals surface area contributed by atoms with Gasteiger partial charge in [0.25, 0.3) is 11.5 Å². The van der Waals surface area contributed by atoms with Gasteiger partial charge >= 0.3 is 5.97 Å². The first-order chi connectivity index (χ1) is 19.8. The lowest BCUT2D eigenvalue weighted by Crippen LogP contribution is -2.40. The first-order valence-corrected chi connectivity index (χ1v) is 14.2. The average molecular weight is 606 g/mol. The van der Waals surface area contributed by atoms with Crippen LogP contribution < -0.4 is 24.9 Å². The molecule has 0 unspecified atom stereocenters. The molecule has 1 aromatic heterocycles. The summed E-state index contributed by atoms with van der Waals surface area (Å²) < 4.78 is 12.7. The number of nitrogens with zero attached hydrogens (tertiary/aromatic N) is 2. The Morgan fingerprint density at radius 1 is 1.05 bits per heavy atom. The number of anilines is 1. The number of thiazole rings is 1. The van der Waals surface area contributed by atoms with E-state index in [1.807, 2.05) is 30.3 Å². The molecule has 0 spiro atoms. The van der Waals surface area contributed by atoms with Gasteiger partial charge in [-0.1, -0.05) is 64.9 Å². The van der Waals surface area contributed by atoms with Gasteiger partial charge in [0.1, 0.15) is 16.3 Å². The zero-order valence-corrected chi connectivity index (χ0v) is 24.1. The molecule has 0 bridgehead atoms. The number of methoxy groups -OCH3 is 1. The van der Waals surface area contributed by atoms with Gasteiger partial charge in [-0.25, -0.2) is 9.79 Å². The molecular formula is C30H21Cl2N3O5S. The second-order valence-corrected chi connectivity index (χ2v) is 11.0. The molecular weight excluding hydrogens is 585 g/mol. The van der Waals surface area contributed by atoms with Gasteiger partial charge in [-0.05, 0) is 43.3 Å². The van der Waals surface area contributed by atoms with Crippen LogP contribution in [0.15, 0.2) is 82.1 Å². The molecule has 0 saturated heterocycles. The van der Waals surface area contributed by atoms with Gasteiger partial charge in [0.15, 0.2) is 4.80 Å². The molecule has 2 aliphatic heterocycles. The van der Waals surface area contributed by atoms with Crippen molar-refractivity contribution in [1.29, 1.82) is 0 Å². The summed E-state index contributed by atoms with van der Waals surface area (Å²) in [6.07, 6.45) is 0. The fraction of sp³-hybridized carbons (Fsp3) is 0.133. The van der Waals surface area contributed by atoms with E-state index in [2.05, 4.69) is 5.32 Å². The molecule has 1 atom stereocenters. The first kappa shape index (κ1) is 27.0. The molecule has 41 heavy (non-hydrogen) atoms. The normalized spacial score (nSPS) is 17.0. The lowest BCUT2D eigenvalue weighted by Gasteiger charge is -2.27. The van der Waals surface area contributed by atoms with Crippen molar-refractivity contribution >= 4 is 63.4 Å². The van der Waals surface area contributed by atoms with Crippen LogP contribution in [0.1, 0.15) is 29.7 Å². The molecule has 4 aromatic rings. The average Bonchev–Trinajstić information content (AvgIpc) is 3.46. The number of fused-ring (bicyclic) bond motifs is 2. The van der Waals surface area contributed by atoms with E-state index in [0.717, 1.165) is 11.3 Å². The lowest BCUT2D eigenvalue weighted by molar-refractivity contribution is -0.138. The highest BCUT2D eigenvalue weighted by Crippen LogP contribution is 2.40. The van der Waals surface area contributed by atoms with Crippen LogP contribution in [0.5, 0.6) is 5.75 Å². The number of rotatable bonds is 5. The minimum absolute atomic E-state index is 0.107. The van der Waals surface area contributed by atoms with Crippen molar-refractivity contribution in [3.8, 4) is 5.75 Å². The standard InChI is InChI=1S/C30H21Cl2N3O5S/c1-3-40-29(38)23-24(15-7-5-4-6-8-15)34-30-35(25(23)19-14-17(32)10-12-21(19)39-2)28(37)26(41-30)22-18-13-16(31)9-11-20(18)33-27(22)36/h4-14,25H,3H2,1-2H3,(H,33,36)/b26-22+/t25-/m1/s1. The number of halogens is 2. The van der Waals surface area contributed by atoms with Crippen LogP contribution in [0, 0.1) is 0 Å². The zero-order valence-electron chi connectivity index (χ0n) is 21.7. The largest absolute Gasteiger partial charge is 0.496 e. The Balaban J connectivity index is 1.76. The van der Waals surface area contributed by atoms with Crippen LogP contribution in [0.25, 0.3) is 11.3 Å². The predicted octanol–water partition coefficient (Wildman–Crippen LogP) is 4.57. The lowest BCUT2D eigenvalue weighted by atomic mass is 9.92. The summed E-state index contributed by atoms with van der Waals surface area (Å²) >= 11 is 13.7. The highest BCUT2D eigenvalue weighted by molar-refractivity contribution is 7.07. The predicted molar refractivity (Wildman–Crippen MR) is 158 cm³/mol. The molecule has 0 saturated carbocycles. The number of ether oxygens (including phenoxy) is 2. The summed E-state index contributed by atoms with van der Waals surface area (Å²) in [6.45, 7) is 1.81. The molecule has 6 rings (SSSR count). The first-order valence-electron chi connectivity index (χ1n) is 12.6. The molecule has 3 aromatic carbocycles. The molecule has 2 aliphatic rings. The molecule has 1 amide bonds. The van der Waals surface area contributed by atoms with Crippen molar-refractivity contribution in [2.45, 2.75) is 13.0 Å². The number of carbonyl (C=O) groups is 2. The maximum atomic E-state index is 14.3. The quantitative estimate of drug-likeness (QED) is 0.336. The highest BCUT2D eigenvalue weighted by atomic mass is 35.5. The van der Waals surface area contributed by atoms with Crippen LogP contribution in [0.2, 0.25) is 10.0 Å². The molecule has 0 aliphatic carbocycles. The molecule has 1 N–H and O–H groups in total. The van der Waals surface area contributed by atoms with E-state index >= 15 is 0 Å². The Hall–Kier alpha value is -4.18. The molecule has 11 heteroatoms. The van der Waals surface area contributed by atoms with Gasteiger partial charge in [0.05, 0.1) is 30.6 Å². The Labute approximate surface area is 247 Å². The van der Waals surface area contributed by atoms with Gasteiger partial charge in [0.2, 0.25) is 0 Å². The monoisotopic (exact) mass is 605 g/mol. The van der Waals surface area contributed by atoms with Gasteiger partial charge in [-0.15, -0.1) is 0 Å². The maximum absolute atomic E-state index is 14.3. The van der Waals surface area contributed by atoms with Gasteiger partial charge in [-0.3, -0.25) is 14.2 Å². The molecule has 206 valence electrons. The van der Waals surface area contributed by atoms with Crippen molar-refractivity contribution in [3.05, 3.63) is 119 Å². The van der Waals surface area contributed by atoms with Gasteiger partial charge < -0.3 is 14.8 Å². The Morgan fingerprint density at radius 3 is 2.51 bits per heavy atom. The number of benzene rings is 3. The van der Waals surface area contributed by atoms with Crippen molar-refractivity contribution in [1.82, 2.24) is 4.57 Å². The summed E-state index contributed by atoms with van der Waals surface area (Å²) in [5.41, 5.74) is 2.33. The van der Waals surface area contributed by atoms with E-state index in [1.165, 1.54) is 11.7 Å². The minimum atomic E-state index is -1.02. The number of carbonyl (C=O) groups excluding carboxylic acids is 2. The topological polar surface area (TPSA) is 99.0 Å². The van der Waals surface area contributed by atoms with E-state index in [-0.39, 0.29) is 22.3 Å². The smallest absolute Gasteiger partial charge is 0.338 e. The maximum Gasteiger partial charge on any atom is 0.338 e. The van der Waals surface area contributed by atoms with Crippen molar-refractivity contribution in [2.75, 3.05) is 19.0 Å². The Kier molecular flexibility index (Phi) is 7.03. The highest BCUT2D eigenvalue weighted by Gasteiger charge is 2.38. The van der Waals surface area contributed by atoms with E-state index in [4.69, 9.17) is 37.7 Å². The van der Waals surface area contributed by atoms with Crippen molar-refractivity contribution in [2.24, 2.45) is 4.99 Å². The number of hydrogen-bond acceptors (Lipinski definition) is 7. The molecule has 0 fully saturated rings. The summed E-state index contributed by atoms with van der Waals surface area (Å²) in [5, 5.41) is 3.60. The number of hydrogen-bond donors (Lipinski definition) is 1. The molecule has 0 radical (unpaired) electrons. The van der Waals surface area contributed by atoms with E-state index in [1.54, 1.807) is 43.3 Å².